The summed E-state index contributed by atoms with van der Waals surface area (Å²) in [6.07, 6.45) is 0. The Morgan fingerprint density at radius 2 is 1.52 bits per heavy atom. The maximum Gasteiger partial charge on any atom is 0.252 e. The van der Waals surface area contributed by atoms with Crippen LogP contribution >= 0.6 is 0 Å². The van der Waals surface area contributed by atoms with E-state index in [0.29, 0.717) is 5.39 Å². The van der Waals surface area contributed by atoms with Crippen molar-refractivity contribution in [2.45, 2.75) is 0 Å². The van der Waals surface area contributed by atoms with Crippen molar-refractivity contribution in [3.8, 4) is 11.5 Å². The molecule has 3 aromatic rings. The number of amides is 1. The first-order chi connectivity index (χ1) is 9.93. The predicted octanol–water partition coefficient (Wildman–Crippen LogP) is 0.817. The van der Waals surface area contributed by atoms with Crippen molar-refractivity contribution in [3.05, 3.63) is 57.2 Å². The molecule has 0 aliphatic heterocycles. The molecule has 1 amide bonds. The van der Waals surface area contributed by atoms with Gasteiger partial charge in [-0.25, -0.2) is 0 Å². The number of phenolic OH excluding ortho intramolecular Hbond substituents is 1. The van der Waals surface area contributed by atoms with E-state index < -0.39 is 23.2 Å². The van der Waals surface area contributed by atoms with E-state index in [1.54, 1.807) is 0 Å². The zero-order chi connectivity index (χ0) is 15.3. The summed E-state index contributed by atoms with van der Waals surface area (Å²) in [5.74, 6) is -2.53. The molecule has 0 heterocycles. The molecule has 0 radical (unpaired) electrons. The highest BCUT2D eigenvalue weighted by molar-refractivity contribution is 6.18. The maximum atomic E-state index is 12.4. The number of benzene rings is 2. The van der Waals surface area contributed by atoms with E-state index in [9.17, 15) is 24.6 Å². The molecule has 3 rings (SSSR count). The molecule has 104 valence electrons. The van der Waals surface area contributed by atoms with Crippen LogP contribution in [0.1, 0.15) is 26.3 Å². The van der Waals surface area contributed by atoms with Crippen LogP contribution < -0.4 is 11.2 Å². The zero-order valence-corrected chi connectivity index (χ0v) is 10.6. The Bertz CT molecular complexity index is 931. The molecule has 0 saturated heterocycles. The molecule has 21 heavy (non-hydrogen) atoms. The van der Waals surface area contributed by atoms with Gasteiger partial charge in [0, 0.05) is 5.39 Å². The van der Waals surface area contributed by atoms with Crippen molar-refractivity contribution in [1.29, 1.82) is 0 Å². The van der Waals surface area contributed by atoms with Crippen LogP contribution in [0.25, 0.3) is 10.8 Å². The molecule has 6 nitrogen and oxygen atoms in total. The summed E-state index contributed by atoms with van der Waals surface area (Å²) >= 11 is 0. The largest absolute Gasteiger partial charge is 0.506 e. The molecule has 0 atom stereocenters. The van der Waals surface area contributed by atoms with Crippen LogP contribution in [0.15, 0.2) is 35.1 Å². The number of carbonyl (C=O) groups excluding carboxylic acids is 2. The third-order valence-electron chi connectivity index (χ3n) is 3.38. The zero-order valence-electron chi connectivity index (χ0n) is 10.6. The van der Waals surface area contributed by atoms with Crippen LogP contribution in [0.4, 0.5) is 0 Å². The summed E-state index contributed by atoms with van der Waals surface area (Å²) in [4.78, 5) is 34.8. The van der Waals surface area contributed by atoms with Crippen LogP contribution in [0, 0.1) is 0 Å². The number of nitrogens with two attached hydrogens (primary N) is 1. The Kier molecular flexibility index (Phi) is 2.56. The van der Waals surface area contributed by atoms with Gasteiger partial charge in [-0.1, -0.05) is 6.07 Å². The van der Waals surface area contributed by atoms with E-state index in [1.165, 1.54) is 30.3 Å². The highest BCUT2D eigenvalue weighted by Crippen LogP contribution is 2.33. The molecule has 0 saturated carbocycles. The molecule has 0 aliphatic carbocycles. The average Bonchev–Trinajstić information content (AvgIpc) is 3.10. The highest BCUT2D eigenvalue weighted by atomic mass is 16.3. The number of carbonyl (C=O) groups is 2. The first kappa shape index (κ1) is 12.9. The summed E-state index contributed by atoms with van der Waals surface area (Å²) in [6.45, 7) is 0. The third-order valence-corrected chi connectivity index (χ3v) is 3.38. The topological polar surface area (TPSA) is 118 Å². The summed E-state index contributed by atoms with van der Waals surface area (Å²) in [5, 5.41) is 20.3. The fourth-order valence-electron chi connectivity index (χ4n) is 2.21. The Morgan fingerprint density at radius 3 is 2.19 bits per heavy atom. The molecule has 4 N–H and O–H groups in total. The first-order valence-corrected chi connectivity index (χ1v) is 6.00. The third kappa shape index (κ3) is 1.77. The van der Waals surface area contributed by atoms with Gasteiger partial charge in [0.05, 0.1) is 22.1 Å². The van der Waals surface area contributed by atoms with Gasteiger partial charge in [-0.3, -0.25) is 14.4 Å². The minimum absolute atomic E-state index is 0.114. The van der Waals surface area contributed by atoms with Crippen molar-refractivity contribution in [2.75, 3.05) is 0 Å². The van der Waals surface area contributed by atoms with Gasteiger partial charge in [0.25, 0.3) is 5.91 Å². The second-order valence-corrected chi connectivity index (χ2v) is 4.61. The highest BCUT2D eigenvalue weighted by Gasteiger charge is 2.25. The lowest BCUT2D eigenvalue weighted by molar-refractivity contribution is 0.0997. The average molecular weight is 283 g/mol. The van der Waals surface area contributed by atoms with Gasteiger partial charge in [0.15, 0.2) is 5.43 Å². The summed E-state index contributed by atoms with van der Waals surface area (Å²) in [5.41, 5.74) is 4.32. The number of hydrogen-bond donors (Lipinski definition) is 3. The number of aromatic hydroxyl groups is 2. The van der Waals surface area contributed by atoms with Crippen LogP contribution in [-0.4, -0.2) is 21.9 Å². The van der Waals surface area contributed by atoms with E-state index in [2.05, 4.69) is 0 Å². The van der Waals surface area contributed by atoms with Gasteiger partial charge < -0.3 is 15.9 Å². The number of rotatable bonds is 3. The predicted molar refractivity (Wildman–Crippen MR) is 74.3 cm³/mol. The van der Waals surface area contributed by atoms with Crippen molar-refractivity contribution < 1.29 is 19.8 Å². The molecular weight excluding hydrogens is 274 g/mol. The lowest BCUT2D eigenvalue weighted by atomic mass is 9.99. The lowest BCUT2D eigenvalue weighted by Gasteiger charge is -2.07. The fourth-order valence-corrected chi connectivity index (χ4v) is 2.21. The van der Waals surface area contributed by atoms with E-state index in [4.69, 9.17) is 5.73 Å². The molecule has 0 unspecified atom stereocenters. The Balaban J connectivity index is 2.14. The van der Waals surface area contributed by atoms with Crippen LogP contribution in [-0.2, 0) is 0 Å². The standard InChI is InChI=1S/C15H9NO5/c16-15(21)9-3-1-2-7(12(9)18)11(17)8-5-4-6-10(13(6)19)14(8)20/h1-5,18,20H,(H2,16,21). The Labute approximate surface area is 117 Å². The Hall–Kier alpha value is -3.15. The van der Waals surface area contributed by atoms with E-state index in [1.807, 2.05) is 0 Å². The second kappa shape index (κ2) is 4.17. The Morgan fingerprint density at radius 1 is 0.905 bits per heavy atom. The molecule has 0 fully saturated rings. The van der Waals surface area contributed by atoms with Crippen molar-refractivity contribution in [1.82, 2.24) is 0 Å². The molecule has 0 bridgehead atoms. The molecular formula is C15H9NO5. The monoisotopic (exact) mass is 283 g/mol. The number of phenols is 2. The summed E-state index contributed by atoms with van der Waals surface area (Å²) < 4.78 is 0. The normalized spacial score (nSPS) is 11.0. The van der Waals surface area contributed by atoms with Crippen LogP contribution in [0.3, 0.4) is 0 Å². The smallest absolute Gasteiger partial charge is 0.252 e. The summed E-state index contributed by atoms with van der Waals surface area (Å²) in [7, 11) is 0. The van der Waals surface area contributed by atoms with E-state index >= 15 is 0 Å². The van der Waals surface area contributed by atoms with Crippen molar-refractivity contribution >= 4 is 22.5 Å². The molecule has 3 aromatic carbocycles. The fraction of sp³-hybridized carbons (Fsp3) is 0. The van der Waals surface area contributed by atoms with Gasteiger partial charge in [-0.05, 0) is 24.3 Å². The molecule has 0 spiro atoms. The number of hydrogen-bond acceptors (Lipinski definition) is 5. The number of ketones is 1. The molecule has 0 aliphatic rings. The SMILES string of the molecule is NC(=O)c1cccc(C(=O)c2ccc3c(=O)c3c2O)c1O. The first-order valence-electron chi connectivity index (χ1n) is 6.00. The van der Waals surface area contributed by atoms with Crippen molar-refractivity contribution in [3.63, 3.8) is 0 Å². The van der Waals surface area contributed by atoms with Crippen LogP contribution in [0.2, 0.25) is 0 Å². The minimum atomic E-state index is -0.873. The lowest BCUT2D eigenvalue weighted by Crippen LogP contribution is -2.13. The van der Waals surface area contributed by atoms with Gasteiger partial charge in [-0.2, -0.15) is 0 Å². The van der Waals surface area contributed by atoms with Crippen LogP contribution in [0.5, 0.6) is 11.5 Å². The van der Waals surface area contributed by atoms with Gasteiger partial charge >= 0.3 is 0 Å². The number of fused-ring (bicyclic) bond motifs is 1. The quantitative estimate of drug-likeness (QED) is 0.615. The maximum absolute atomic E-state index is 12.4. The minimum Gasteiger partial charge on any atom is -0.506 e. The van der Waals surface area contributed by atoms with Gasteiger partial charge in [0.1, 0.15) is 11.5 Å². The van der Waals surface area contributed by atoms with Crippen molar-refractivity contribution in [2.24, 2.45) is 5.73 Å². The number of primary amides is 1. The van der Waals surface area contributed by atoms with E-state index in [0.717, 1.165) is 0 Å². The van der Waals surface area contributed by atoms with Gasteiger partial charge in [0.2, 0.25) is 5.78 Å². The van der Waals surface area contributed by atoms with E-state index in [-0.39, 0.29) is 27.5 Å². The number of para-hydroxylation sites is 1. The molecule has 0 aromatic heterocycles. The second-order valence-electron chi connectivity index (χ2n) is 4.61. The summed E-state index contributed by atoms with van der Waals surface area (Å²) in [6, 6.07) is 6.71. The molecule has 6 heteroatoms. The van der Waals surface area contributed by atoms with Gasteiger partial charge in [-0.15, -0.1) is 0 Å².